The summed E-state index contributed by atoms with van der Waals surface area (Å²) in [4.78, 5) is 40.3. The zero-order chi connectivity index (χ0) is 24.8. The van der Waals surface area contributed by atoms with Gasteiger partial charge in [-0.2, -0.15) is 0 Å². The van der Waals surface area contributed by atoms with E-state index in [9.17, 15) is 14.4 Å². The van der Waals surface area contributed by atoms with E-state index in [0.717, 1.165) is 44.0 Å². The van der Waals surface area contributed by atoms with Gasteiger partial charge in [-0.1, -0.05) is 30.3 Å². The van der Waals surface area contributed by atoms with Crippen molar-refractivity contribution in [1.29, 1.82) is 0 Å². The lowest BCUT2D eigenvalue weighted by Gasteiger charge is -2.26. The lowest BCUT2D eigenvalue weighted by molar-refractivity contribution is -0.149. The Bertz CT molecular complexity index is 1080. The van der Waals surface area contributed by atoms with E-state index in [1.165, 1.54) is 12.7 Å². The highest BCUT2D eigenvalue weighted by Crippen LogP contribution is 2.32. The number of fused-ring (bicyclic) bond motifs is 1. The summed E-state index contributed by atoms with van der Waals surface area (Å²) in [7, 11) is 1.21. The third kappa shape index (κ3) is 5.98. The van der Waals surface area contributed by atoms with Crippen LogP contribution in [0.1, 0.15) is 33.5 Å². The van der Waals surface area contributed by atoms with Crippen LogP contribution < -0.4 is 10.5 Å². The fraction of sp³-hybridized carbons (Fsp3) is 0.423. The monoisotopic (exact) mass is 481 g/mol. The molecule has 2 N–H and O–H groups in total. The van der Waals surface area contributed by atoms with E-state index in [2.05, 4.69) is 21.8 Å². The number of benzene rings is 2. The molecule has 9 nitrogen and oxygen atoms in total. The van der Waals surface area contributed by atoms with Gasteiger partial charge >= 0.3 is 5.97 Å². The Morgan fingerprint density at radius 3 is 2.60 bits per heavy atom. The number of carbonyl (C=O) groups excluding carboxylic acids is 3. The summed E-state index contributed by atoms with van der Waals surface area (Å²) in [5.74, 6) is -2.05. The van der Waals surface area contributed by atoms with E-state index in [1.54, 1.807) is 17.0 Å². The minimum Gasteiger partial charge on any atom is -0.489 e. The first-order valence-electron chi connectivity index (χ1n) is 11.7. The third-order valence-corrected chi connectivity index (χ3v) is 6.41. The zero-order valence-electron chi connectivity index (χ0n) is 19.9. The van der Waals surface area contributed by atoms with Gasteiger partial charge in [0.1, 0.15) is 18.3 Å². The van der Waals surface area contributed by atoms with Crippen molar-refractivity contribution in [2.24, 2.45) is 11.7 Å². The van der Waals surface area contributed by atoms with Crippen molar-refractivity contribution in [3.63, 3.8) is 0 Å². The Morgan fingerprint density at radius 1 is 1.11 bits per heavy atom. The smallest absolute Gasteiger partial charge is 0.318 e. The minimum atomic E-state index is -1.09. The summed E-state index contributed by atoms with van der Waals surface area (Å²) in [6, 6.07) is 13.7. The molecule has 2 amide bonds. The number of methoxy groups -OCH3 is 1. The van der Waals surface area contributed by atoms with Gasteiger partial charge in [0.2, 0.25) is 5.91 Å². The minimum absolute atomic E-state index is 0.105. The fourth-order valence-corrected chi connectivity index (χ4v) is 4.48. The fourth-order valence-electron chi connectivity index (χ4n) is 4.48. The first kappa shape index (κ1) is 24.7. The second-order valence-electron chi connectivity index (χ2n) is 8.77. The van der Waals surface area contributed by atoms with Gasteiger partial charge in [-0.05, 0) is 29.7 Å². The molecule has 0 saturated carbocycles. The molecule has 1 fully saturated rings. The van der Waals surface area contributed by atoms with Gasteiger partial charge in [0, 0.05) is 37.3 Å². The second-order valence-corrected chi connectivity index (χ2v) is 8.77. The summed E-state index contributed by atoms with van der Waals surface area (Å²) in [5.41, 5.74) is 8.97. The largest absolute Gasteiger partial charge is 0.489 e. The lowest BCUT2D eigenvalue weighted by Crippen LogP contribution is -2.35. The SMILES string of the molecule is COC(=O)C(CCN1Cc2c(OCc3cccc(CN4CCOCC4)c3)cccc2C1=O)C(N)=O. The van der Waals surface area contributed by atoms with Crippen LogP contribution in [0.2, 0.25) is 0 Å². The molecular weight excluding hydrogens is 450 g/mol. The van der Waals surface area contributed by atoms with Crippen molar-refractivity contribution < 1.29 is 28.6 Å². The Hall–Kier alpha value is -3.43. The summed E-state index contributed by atoms with van der Waals surface area (Å²) < 4.78 is 16.2. The molecule has 2 aromatic carbocycles. The van der Waals surface area contributed by atoms with Gasteiger partial charge < -0.3 is 24.8 Å². The van der Waals surface area contributed by atoms with Gasteiger partial charge in [0.05, 0.1) is 26.9 Å². The number of hydrogen-bond acceptors (Lipinski definition) is 7. The van der Waals surface area contributed by atoms with Crippen LogP contribution in [0, 0.1) is 5.92 Å². The number of rotatable bonds is 10. The van der Waals surface area contributed by atoms with E-state index < -0.39 is 17.8 Å². The van der Waals surface area contributed by atoms with Crippen LogP contribution >= 0.6 is 0 Å². The molecule has 9 heteroatoms. The predicted octanol–water partition coefficient (Wildman–Crippen LogP) is 1.72. The van der Waals surface area contributed by atoms with E-state index in [0.29, 0.717) is 24.5 Å². The highest BCUT2D eigenvalue weighted by Gasteiger charge is 2.32. The van der Waals surface area contributed by atoms with E-state index in [1.807, 2.05) is 18.2 Å². The zero-order valence-corrected chi connectivity index (χ0v) is 19.9. The molecule has 0 aliphatic carbocycles. The first-order chi connectivity index (χ1) is 17.0. The van der Waals surface area contributed by atoms with Crippen LogP contribution in [0.3, 0.4) is 0 Å². The molecule has 1 unspecified atom stereocenters. The summed E-state index contributed by atoms with van der Waals surface area (Å²) in [6.45, 7) is 5.20. The highest BCUT2D eigenvalue weighted by atomic mass is 16.5. The standard InChI is InChI=1S/C26H31N3O6/c1-33-26(32)21(24(27)30)8-9-29-16-22-20(25(29)31)6-3-7-23(22)35-17-19-5-2-4-18(14-19)15-28-10-12-34-13-11-28/h2-7,14,21H,8-13,15-17H2,1H3,(H2,27,30). The van der Waals surface area contributed by atoms with Crippen molar-refractivity contribution in [1.82, 2.24) is 9.80 Å². The lowest BCUT2D eigenvalue weighted by atomic mass is 10.1. The number of esters is 1. The van der Waals surface area contributed by atoms with Crippen molar-refractivity contribution in [3.8, 4) is 5.75 Å². The van der Waals surface area contributed by atoms with Crippen LogP contribution in [-0.2, 0) is 38.8 Å². The maximum Gasteiger partial charge on any atom is 0.318 e. The van der Waals surface area contributed by atoms with E-state index >= 15 is 0 Å². The Labute approximate surface area is 204 Å². The maximum absolute atomic E-state index is 12.9. The molecule has 2 aliphatic heterocycles. The molecule has 0 radical (unpaired) electrons. The number of ether oxygens (including phenoxy) is 3. The maximum atomic E-state index is 12.9. The van der Waals surface area contributed by atoms with Gasteiger partial charge in [-0.3, -0.25) is 19.3 Å². The second kappa shape index (κ2) is 11.3. The molecule has 186 valence electrons. The summed E-state index contributed by atoms with van der Waals surface area (Å²) in [5, 5.41) is 0. The first-order valence-corrected chi connectivity index (χ1v) is 11.7. The molecule has 0 spiro atoms. The topological polar surface area (TPSA) is 111 Å². The van der Waals surface area contributed by atoms with Crippen LogP contribution in [-0.4, -0.2) is 67.5 Å². The number of nitrogens with zero attached hydrogens (tertiary/aromatic N) is 2. The van der Waals surface area contributed by atoms with Gasteiger partial charge in [-0.15, -0.1) is 0 Å². The average molecular weight is 482 g/mol. The molecule has 1 saturated heterocycles. The normalized spacial score (nSPS) is 16.6. The molecule has 1 atom stereocenters. The average Bonchev–Trinajstić information content (AvgIpc) is 3.19. The van der Waals surface area contributed by atoms with Crippen LogP contribution in [0.5, 0.6) is 5.75 Å². The molecule has 35 heavy (non-hydrogen) atoms. The van der Waals surface area contributed by atoms with Crippen LogP contribution in [0.4, 0.5) is 0 Å². The molecule has 4 rings (SSSR count). The summed E-state index contributed by atoms with van der Waals surface area (Å²) in [6.07, 6.45) is 0.105. The van der Waals surface area contributed by atoms with Crippen LogP contribution in [0.15, 0.2) is 42.5 Å². The van der Waals surface area contributed by atoms with Crippen LogP contribution in [0.25, 0.3) is 0 Å². The quantitative estimate of drug-likeness (QED) is 0.406. The molecule has 2 aromatic rings. The molecular formula is C26H31N3O6. The van der Waals surface area contributed by atoms with Crippen molar-refractivity contribution in [3.05, 3.63) is 64.7 Å². The van der Waals surface area contributed by atoms with Crippen molar-refractivity contribution >= 4 is 17.8 Å². The molecule has 2 heterocycles. The summed E-state index contributed by atoms with van der Waals surface area (Å²) >= 11 is 0. The van der Waals surface area contributed by atoms with Gasteiger partial charge in [0.15, 0.2) is 0 Å². The third-order valence-electron chi connectivity index (χ3n) is 6.41. The molecule has 0 bridgehead atoms. The Kier molecular flexibility index (Phi) is 7.99. The Morgan fingerprint density at radius 2 is 1.86 bits per heavy atom. The van der Waals surface area contributed by atoms with Crippen molar-refractivity contribution in [2.45, 2.75) is 26.1 Å². The number of carbonyl (C=O) groups is 3. The highest BCUT2D eigenvalue weighted by molar-refractivity contribution is 5.99. The van der Waals surface area contributed by atoms with Gasteiger partial charge in [0.25, 0.3) is 5.91 Å². The van der Waals surface area contributed by atoms with E-state index in [-0.39, 0.29) is 18.9 Å². The predicted molar refractivity (Wildman–Crippen MR) is 127 cm³/mol. The van der Waals surface area contributed by atoms with Crippen molar-refractivity contribution in [2.75, 3.05) is 40.0 Å². The van der Waals surface area contributed by atoms with E-state index in [4.69, 9.17) is 15.2 Å². The molecule has 0 aromatic heterocycles. The van der Waals surface area contributed by atoms with Gasteiger partial charge in [-0.25, -0.2) is 0 Å². The number of amides is 2. The Balaban J connectivity index is 1.38. The number of morpholine rings is 1. The number of hydrogen-bond donors (Lipinski definition) is 1. The molecule has 2 aliphatic rings. The number of nitrogens with two attached hydrogens (primary N) is 1. The number of primary amides is 1.